The van der Waals surface area contributed by atoms with Gasteiger partial charge in [0.25, 0.3) is 11.8 Å². The second-order valence-corrected chi connectivity index (χ2v) is 8.19. The highest BCUT2D eigenvalue weighted by Crippen LogP contribution is 2.28. The summed E-state index contributed by atoms with van der Waals surface area (Å²) in [5.74, 6) is 0.967. The molecule has 4 aromatic rings. The Kier molecular flexibility index (Phi) is 5.10. The zero-order valence-corrected chi connectivity index (χ0v) is 17.2. The van der Waals surface area contributed by atoms with Crippen molar-refractivity contribution >= 4 is 26.7 Å². The average molecular weight is 424 g/mol. The lowest BCUT2D eigenvalue weighted by Gasteiger charge is -2.12. The molecule has 0 radical (unpaired) electrons. The van der Waals surface area contributed by atoms with Crippen LogP contribution in [0, 0.1) is 6.92 Å². The minimum absolute atomic E-state index is 0.0470. The van der Waals surface area contributed by atoms with Crippen LogP contribution in [-0.4, -0.2) is 35.3 Å². The highest BCUT2D eigenvalue weighted by molar-refractivity contribution is 7.89. The number of hydrogen-bond donors (Lipinski definition) is 2. The van der Waals surface area contributed by atoms with Gasteiger partial charge in [-0.25, -0.2) is 13.6 Å². The Labute approximate surface area is 173 Å². The molecular weight excluding hydrogens is 404 g/mol. The van der Waals surface area contributed by atoms with Crippen molar-refractivity contribution in [2.45, 2.75) is 18.4 Å². The van der Waals surface area contributed by atoms with E-state index >= 15 is 0 Å². The lowest BCUT2D eigenvalue weighted by molar-refractivity contribution is 0.391. The molecule has 0 amide bonds. The zero-order valence-electron chi connectivity index (χ0n) is 16.4. The summed E-state index contributed by atoms with van der Waals surface area (Å²) in [6.07, 6.45) is 0. The van der Waals surface area contributed by atoms with Crippen LogP contribution in [0.15, 0.2) is 59.5 Å². The average Bonchev–Trinajstić information content (AvgIpc) is 3.07. The van der Waals surface area contributed by atoms with E-state index < -0.39 is 10.0 Å². The number of benzene rings is 2. The molecule has 0 aliphatic carbocycles. The highest BCUT2D eigenvalue weighted by Gasteiger charge is 2.19. The van der Waals surface area contributed by atoms with E-state index in [-0.39, 0.29) is 16.7 Å². The quantitative estimate of drug-likeness (QED) is 0.487. The third-order valence-corrected chi connectivity index (χ3v) is 5.61. The van der Waals surface area contributed by atoms with Crippen molar-refractivity contribution < 1.29 is 13.2 Å². The Morgan fingerprint density at radius 2 is 1.87 bits per heavy atom. The standard InChI is InChI=1S/C20H20N6O3S/c1-13-11-15-16(9-6-10-17(15)30(21,27)28)26(13)20-23-18(19(29-2)24-25-20)22-12-14-7-4-3-5-8-14/h3-11H,12H2,1-2H3,(H2,21,27,28)(H,22,23,25). The van der Waals surface area contributed by atoms with Gasteiger partial charge in [0.1, 0.15) is 0 Å². The first kappa shape index (κ1) is 19.8. The Bertz CT molecular complexity index is 1320. The summed E-state index contributed by atoms with van der Waals surface area (Å²) in [4.78, 5) is 4.62. The molecule has 0 aliphatic heterocycles. The van der Waals surface area contributed by atoms with Gasteiger partial charge in [0, 0.05) is 17.6 Å². The number of sulfonamides is 1. The Hall–Kier alpha value is -3.50. The Balaban J connectivity index is 1.79. The normalized spacial score (nSPS) is 11.6. The van der Waals surface area contributed by atoms with Crippen molar-refractivity contribution in [3.63, 3.8) is 0 Å². The molecule has 10 heteroatoms. The lowest BCUT2D eigenvalue weighted by atomic mass is 10.2. The molecule has 3 N–H and O–H groups in total. The SMILES string of the molecule is COc1nnc(-n2c(C)cc3c(S(N)(=O)=O)cccc32)nc1NCc1ccccc1. The molecule has 2 aromatic carbocycles. The number of rotatable bonds is 6. The molecule has 0 atom stereocenters. The number of nitrogens with two attached hydrogens (primary N) is 1. The molecule has 2 heterocycles. The molecule has 2 aromatic heterocycles. The van der Waals surface area contributed by atoms with E-state index in [1.54, 1.807) is 22.8 Å². The second-order valence-electron chi connectivity index (χ2n) is 6.66. The molecule has 0 aliphatic rings. The van der Waals surface area contributed by atoms with Gasteiger partial charge < -0.3 is 10.1 Å². The summed E-state index contributed by atoms with van der Waals surface area (Å²) < 4.78 is 30.9. The van der Waals surface area contributed by atoms with E-state index in [0.29, 0.717) is 23.3 Å². The van der Waals surface area contributed by atoms with Crippen LogP contribution in [0.1, 0.15) is 11.3 Å². The van der Waals surface area contributed by atoms with E-state index in [4.69, 9.17) is 9.88 Å². The highest BCUT2D eigenvalue weighted by atomic mass is 32.2. The van der Waals surface area contributed by atoms with Crippen LogP contribution in [-0.2, 0) is 16.6 Å². The van der Waals surface area contributed by atoms with Crippen molar-refractivity contribution in [1.82, 2.24) is 19.7 Å². The fourth-order valence-electron chi connectivity index (χ4n) is 3.29. The number of nitrogens with zero attached hydrogens (tertiary/aromatic N) is 4. The number of nitrogens with one attached hydrogen (secondary N) is 1. The third-order valence-electron chi connectivity index (χ3n) is 4.64. The van der Waals surface area contributed by atoms with E-state index in [1.807, 2.05) is 37.3 Å². The van der Waals surface area contributed by atoms with Gasteiger partial charge >= 0.3 is 0 Å². The van der Waals surface area contributed by atoms with Gasteiger partial charge in [-0.2, -0.15) is 4.98 Å². The summed E-state index contributed by atoms with van der Waals surface area (Å²) in [5.41, 5.74) is 2.42. The van der Waals surface area contributed by atoms with Gasteiger partial charge in [0.05, 0.1) is 17.5 Å². The fourth-order valence-corrected chi connectivity index (χ4v) is 4.02. The molecule has 0 saturated carbocycles. The summed E-state index contributed by atoms with van der Waals surface area (Å²) >= 11 is 0. The number of primary sulfonamides is 1. The first-order valence-corrected chi connectivity index (χ1v) is 10.6. The van der Waals surface area contributed by atoms with Gasteiger partial charge in [0.15, 0.2) is 5.82 Å². The van der Waals surface area contributed by atoms with Crippen LogP contribution in [0.2, 0.25) is 0 Å². The van der Waals surface area contributed by atoms with Crippen LogP contribution in [0.5, 0.6) is 5.88 Å². The predicted octanol–water partition coefficient (Wildman–Crippen LogP) is 2.39. The largest absolute Gasteiger partial charge is 0.477 e. The molecule has 154 valence electrons. The van der Waals surface area contributed by atoms with Crippen molar-refractivity contribution in [2.24, 2.45) is 5.14 Å². The molecule has 0 fully saturated rings. The van der Waals surface area contributed by atoms with E-state index in [0.717, 1.165) is 11.3 Å². The van der Waals surface area contributed by atoms with Crippen molar-refractivity contribution in [2.75, 3.05) is 12.4 Å². The van der Waals surface area contributed by atoms with Crippen LogP contribution >= 0.6 is 0 Å². The molecule has 9 nitrogen and oxygen atoms in total. The smallest absolute Gasteiger partial charge is 0.276 e. The van der Waals surface area contributed by atoms with Crippen LogP contribution < -0.4 is 15.2 Å². The number of methoxy groups -OCH3 is 1. The molecule has 4 rings (SSSR count). The lowest BCUT2D eigenvalue weighted by Crippen LogP contribution is -2.12. The van der Waals surface area contributed by atoms with Crippen molar-refractivity contribution in [3.8, 4) is 11.8 Å². The molecule has 0 spiro atoms. The van der Waals surface area contributed by atoms with E-state index in [2.05, 4.69) is 20.5 Å². The van der Waals surface area contributed by atoms with Crippen LogP contribution in [0.4, 0.5) is 5.82 Å². The molecule has 0 bridgehead atoms. The van der Waals surface area contributed by atoms with Crippen LogP contribution in [0.3, 0.4) is 0 Å². The predicted molar refractivity (Wildman–Crippen MR) is 113 cm³/mol. The van der Waals surface area contributed by atoms with Gasteiger partial charge in [-0.1, -0.05) is 36.4 Å². The molecular formula is C20H20N6O3S. The Morgan fingerprint density at radius 3 is 2.57 bits per heavy atom. The summed E-state index contributed by atoms with van der Waals surface area (Å²) in [5, 5.41) is 17.4. The first-order chi connectivity index (χ1) is 14.4. The summed E-state index contributed by atoms with van der Waals surface area (Å²) in [6, 6.07) is 16.5. The first-order valence-electron chi connectivity index (χ1n) is 9.09. The van der Waals surface area contributed by atoms with Gasteiger partial charge in [-0.3, -0.25) is 4.57 Å². The summed E-state index contributed by atoms with van der Waals surface area (Å²) in [6.45, 7) is 2.36. The molecule has 0 unspecified atom stereocenters. The van der Waals surface area contributed by atoms with E-state index in [1.165, 1.54) is 13.2 Å². The zero-order chi connectivity index (χ0) is 21.3. The third kappa shape index (κ3) is 3.70. The number of anilines is 1. The van der Waals surface area contributed by atoms with Crippen LogP contribution in [0.25, 0.3) is 16.9 Å². The Morgan fingerprint density at radius 1 is 1.10 bits per heavy atom. The maximum absolute atomic E-state index is 12.0. The maximum atomic E-state index is 12.0. The minimum atomic E-state index is -3.88. The monoisotopic (exact) mass is 424 g/mol. The van der Waals surface area contributed by atoms with Crippen molar-refractivity contribution in [1.29, 1.82) is 0 Å². The topological polar surface area (TPSA) is 125 Å². The number of ether oxygens (including phenoxy) is 1. The number of aromatic nitrogens is 4. The number of fused-ring (bicyclic) bond motifs is 1. The summed E-state index contributed by atoms with van der Waals surface area (Å²) in [7, 11) is -2.38. The molecule has 0 saturated heterocycles. The fraction of sp³-hybridized carbons (Fsp3) is 0.150. The van der Waals surface area contributed by atoms with Gasteiger partial charge in [-0.05, 0) is 30.7 Å². The van der Waals surface area contributed by atoms with Gasteiger partial charge in [-0.15, -0.1) is 10.2 Å². The minimum Gasteiger partial charge on any atom is -0.477 e. The van der Waals surface area contributed by atoms with Crippen molar-refractivity contribution in [3.05, 3.63) is 65.9 Å². The van der Waals surface area contributed by atoms with Gasteiger partial charge in [0.2, 0.25) is 10.0 Å². The second kappa shape index (κ2) is 7.73. The number of aryl methyl sites for hydroxylation is 1. The molecule has 30 heavy (non-hydrogen) atoms. The van der Waals surface area contributed by atoms with E-state index in [9.17, 15) is 8.42 Å². The maximum Gasteiger partial charge on any atom is 0.276 e. The number of hydrogen-bond acceptors (Lipinski definition) is 7.